The van der Waals surface area contributed by atoms with E-state index in [1.807, 2.05) is 25.1 Å². The Morgan fingerprint density at radius 1 is 1.50 bits per heavy atom. The maximum absolute atomic E-state index is 10.4. The molecule has 1 aromatic rings. The molecule has 0 unspecified atom stereocenters. The number of benzene rings is 1. The first-order chi connectivity index (χ1) is 7.59. The maximum Gasteiger partial charge on any atom is 0.351 e. The molecule has 16 heavy (non-hydrogen) atoms. The van der Waals surface area contributed by atoms with Crippen LogP contribution in [0.4, 0.5) is 0 Å². The van der Waals surface area contributed by atoms with Gasteiger partial charge in [-0.05, 0) is 25.8 Å². The average Bonchev–Trinajstić information content (AvgIpc) is 2.24. The molecule has 0 aromatic heterocycles. The second-order valence-corrected chi connectivity index (χ2v) is 3.65. The number of nitrogens with zero attached hydrogens (tertiary/aromatic N) is 1. The molecule has 0 heterocycles. The summed E-state index contributed by atoms with van der Waals surface area (Å²) in [7, 11) is 0. The van der Waals surface area contributed by atoms with Gasteiger partial charge in [0, 0.05) is 6.54 Å². The van der Waals surface area contributed by atoms with Gasteiger partial charge in [-0.1, -0.05) is 29.8 Å². The fourth-order valence-electron chi connectivity index (χ4n) is 1.29. The summed E-state index contributed by atoms with van der Waals surface area (Å²) in [5, 5.41) is 12.3. The molecule has 0 radical (unpaired) electrons. The molecule has 0 saturated carbocycles. The number of nitrogens with one attached hydrogen (secondary N) is 1. The smallest absolute Gasteiger partial charge is 0.351 e. The van der Waals surface area contributed by atoms with Crippen LogP contribution in [0.1, 0.15) is 18.1 Å². The van der Waals surface area contributed by atoms with Crippen molar-refractivity contribution < 1.29 is 9.90 Å². The topological polar surface area (TPSA) is 61.7 Å². The molecule has 0 fully saturated rings. The van der Waals surface area contributed by atoms with E-state index in [0.29, 0.717) is 6.54 Å². The van der Waals surface area contributed by atoms with E-state index >= 15 is 0 Å². The molecule has 0 bridgehead atoms. The fourth-order valence-corrected chi connectivity index (χ4v) is 1.29. The fraction of sp³-hybridized carbons (Fsp3) is 0.333. The van der Waals surface area contributed by atoms with E-state index in [9.17, 15) is 4.79 Å². The van der Waals surface area contributed by atoms with Crippen LogP contribution in [-0.2, 0) is 11.2 Å². The first-order valence-electron chi connectivity index (χ1n) is 5.15. The Balaban J connectivity index is 2.36. The van der Waals surface area contributed by atoms with Crippen molar-refractivity contribution in [1.29, 1.82) is 0 Å². The molecule has 0 amide bonds. The lowest BCUT2D eigenvalue weighted by molar-refractivity contribution is -0.129. The van der Waals surface area contributed by atoms with E-state index in [-0.39, 0.29) is 5.71 Å². The molecule has 0 atom stereocenters. The standard InChI is InChI=1S/C12H16N2O2/c1-9-4-3-5-11(8-9)6-7-13-14-10(2)12(15)16/h3-5,8,13H,6-7H2,1-2H3,(H,15,16)/b14-10-. The van der Waals surface area contributed by atoms with E-state index in [2.05, 4.69) is 16.6 Å². The second-order valence-electron chi connectivity index (χ2n) is 3.65. The van der Waals surface area contributed by atoms with Crippen LogP contribution in [0.25, 0.3) is 0 Å². The molecule has 0 aliphatic rings. The Hall–Kier alpha value is -1.84. The number of carboxylic acids is 1. The van der Waals surface area contributed by atoms with Crippen molar-refractivity contribution in [3.8, 4) is 0 Å². The molecule has 0 aliphatic heterocycles. The number of carboxylic acid groups (broad SMARTS) is 1. The third-order valence-electron chi connectivity index (χ3n) is 2.16. The molecule has 2 N–H and O–H groups in total. The Kier molecular flexibility index (Phi) is 4.51. The van der Waals surface area contributed by atoms with Crippen molar-refractivity contribution in [2.24, 2.45) is 5.10 Å². The minimum atomic E-state index is -0.997. The molecular weight excluding hydrogens is 204 g/mol. The van der Waals surface area contributed by atoms with Crippen molar-refractivity contribution in [3.63, 3.8) is 0 Å². The maximum atomic E-state index is 10.4. The number of carbonyl (C=O) groups is 1. The molecular formula is C12H16N2O2. The normalized spacial score (nSPS) is 11.2. The highest BCUT2D eigenvalue weighted by Gasteiger charge is 2.00. The quantitative estimate of drug-likeness (QED) is 0.450. The lowest BCUT2D eigenvalue weighted by atomic mass is 10.1. The third-order valence-corrected chi connectivity index (χ3v) is 2.16. The molecule has 4 nitrogen and oxygen atoms in total. The minimum absolute atomic E-state index is 0.0734. The zero-order chi connectivity index (χ0) is 12.0. The van der Waals surface area contributed by atoms with Crippen LogP contribution in [-0.4, -0.2) is 23.3 Å². The van der Waals surface area contributed by atoms with E-state index < -0.39 is 5.97 Å². The van der Waals surface area contributed by atoms with Crippen molar-refractivity contribution >= 4 is 11.7 Å². The summed E-state index contributed by atoms with van der Waals surface area (Å²) in [5.41, 5.74) is 5.26. The molecule has 0 aliphatic carbocycles. The first-order valence-corrected chi connectivity index (χ1v) is 5.15. The Labute approximate surface area is 95.0 Å². The van der Waals surface area contributed by atoms with Crippen LogP contribution in [0, 0.1) is 6.92 Å². The van der Waals surface area contributed by atoms with Gasteiger partial charge in [-0.15, -0.1) is 0 Å². The number of aryl methyl sites for hydroxylation is 1. The van der Waals surface area contributed by atoms with Gasteiger partial charge in [-0.3, -0.25) is 0 Å². The molecule has 4 heteroatoms. The SMILES string of the molecule is C/C(=N/NCCc1cccc(C)c1)C(=O)O. The Morgan fingerprint density at radius 2 is 2.25 bits per heavy atom. The Bertz CT molecular complexity index is 400. The van der Waals surface area contributed by atoms with Gasteiger partial charge in [0.1, 0.15) is 5.71 Å². The third kappa shape index (κ3) is 4.13. The molecule has 1 aromatic carbocycles. The predicted octanol–water partition coefficient (Wildman–Crippen LogP) is 1.59. The summed E-state index contributed by atoms with van der Waals surface area (Å²) >= 11 is 0. The minimum Gasteiger partial charge on any atom is -0.477 e. The average molecular weight is 220 g/mol. The predicted molar refractivity (Wildman–Crippen MR) is 63.6 cm³/mol. The van der Waals surface area contributed by atoms with Gasteiger partial charge in [-0.2, -0.15) is 5.10 Å². The lowest BCUT2D eigenvalue weighted by Crippen LogP contribution is -2.17. The molecule has 1 rings (SSSR count). The largest absolute Gasteiger partial charge is 0.477 e. The summed E-state index contributed by atoms with van der Waals surface area (Å²) in [6.07, 6.45) is 0.831. The second kappa shape index (κ2) is 5.90. The summed E-state index contributed by atoms with van der Waals surface area (Å²) < 4.78 is 0. The number of hydrazone groups is 1. The molecule has 0 saturated heterocycles. The van der Waals surface area contributed by atoms with Crippen LogP contribution in [0.5, 0.6) is 0 Å². The van der Waals surface area contributed by atoms with Crippen LogP contribution < -0.4 is 5.43 Å². The van der Waals surface area contributed by atoms with Crippen LogP contribution >= 0.6 is 0 Å². The van der Waals surface area contributed by atoms with Gasteiger partial charge in [0.2, 0.25) is 0 Å². The van der Waals surface area contributed by atoms with Crippen LogP contribution in [0.2, 0.25) is 0 Å². The number of aliphatic carboxylic acids is 1. The van der Waals surface area contributed by atoms with E-state index in [1.54, 1.807) is 0 Å². The Morgan fingerprint density at radius 3 is 2.88 bits per heavy atom. The van der Waals surface area contributed by atoms with Crippen molar-refractivity contribution in [3.05, 3.63) is 35.4 Å². The highest BCUT2D eigenvalue weighted by atomic mass is 16.4. The lowest BCUT2D eigenvalue weighted by Gasteiger charge is -2.02. The van der Waals surface area contributed by atoms with Gasteiger partial charge < -0.3 is 10.5 Å². The van der Waals surface area contributed by atoms with Gasteiger partial charge in [0.05, 0.1) is 0 Å². The van der Waals surface area contributed by atoms with Crippen molar-refractivity contribution in [2.45, 2.75) is 20.3 Å². The van der Waals surface area contributed by atoms with Crippen LogP contribution in [0.3, 0.4) is 0 Å². The van der Waals surface area contributed by atoms with Gasteiger partial charge in [-0.25, -0.2) is 4.79 Å². The monoisotopic (exact) mass is 220 g/mol. The number of hydrogen-bond donors (Lipinski definition) is 2. The first kappa shape index (κ1) is 12.2. The molecule has 0 spiro atoms. The summed E-state index contributed by atoms with van der Waals surface area (Å²) in [5.74, 6) is -0.997. The zero-order valence-corrected chi connectivity index (χ0v) is 9.53. The summed E-state index contributed by atoms with van der Waals surface area (Å²) in [6.45, 7) is 4.14. The number of rotatable bonds is 5. The van der Waals surface area contributed by atoms with E-state index in [4.69, 9.17) is 5.11 Å². The highest BCUT2D eigenvalue weighted by molar-refractivity contribution is 6.34. The van der Waals surface area contributed by atoms with Gasteiger partial charge in [0.15, 0.2) is 0 Å². The van der Waals surface area contributed by atoms with Gasteiger partial charge in [0.25, 0.3) is 0 Å². The molecule has 86 valence electrons. The van der Waals surface area contributed by atoms with Crippen molar-refractivity contribution in [1.82, 2.24) is 5.43 Å². The summed E-state index contributed by atoms with van der Waals surface area (Å²) in [6, 6.07) is 8.21. The summed E-state index contributed by atoms with van der Waals surface area (Å²) in [4.78, 5) is 10.4. The van der Waals surface area contributed by atoms with Gasteiger partial charge >= 0.3 is 5.97 Å². The van der Waals surface area contributed by atoms with Crippen molar-refractivity contribution in [2.75, 3.05) is 6.54 Å². The number of hydrogen-bond acceptors (Lipinski definition) is 3. The zero-order valence-electron chi connectivity index (χ0n) is 9.53. The van der Waals surface area contributed by atoms with E-state index in [0.717, 1.165) is 6.42 Å². The van der Waals surface area contributed by atoms with Crippen LogP contribution in [0.15, 0.2) is 29.4 Å². The highest BCUT2D eigenvalue weighted by Crippen LogP contribution is 2.03. The van der Waals surface area contributed by atoms with E-state index in [1.165, 1.54) is 18.1 Å².